The molecule has 0 aliphatic carbocycles. The fraction of sp³-hybridized carbons (Fsp3) is 0.348. The van der Waals surface area contributed by atoms with Gasteiger partial charge in [0.15, 0.2) is 5.69 Å². The zero-order valence-corrected chi connectivity index (χ0v) is 17.9. The number of amides is 3. The van der Waals surface area contributed by atoms with Gasteiger partial charge in [-0.25, -0.2) is 14.4 Å². The number of rotatable bonds is 8. The molecule has 2 aromatic carbocycles. The number of alkyl carbamates (subject to hydrolysis) is 1. The van der Waals surface area contributed by atoms with Crippen molar-refractivity contribution >= 4 is 29.2 Å². The average molecular weight is 425 g/mol. The van der Waals surface area contributed by atoms with Gasteiger partial charge in [-0.05, 0) is 55.2 Å². The van der Waals surface area contributed by atoms with Crippen LogP contribution >= 0.6 is 0 Å². The van der Waals surface area contributed by atoms with Gasteiger partial charge in [-0.15, -0.1) is 0 Å². The van der Waals surface area contributed by atoms with Crippen molar-refractivity contribution in [3.8, 4) is 0 Å². The highest BCUT2D eigenvalue weighted by atomic mass is 16.6. The molecular formula is C23H28N4O4. The van der Waals surface area contributed by atoms with Crippen LogP contribution in [-0.2, 0) is 11.3 Å². The lowest BCUT2D eigenvalue weighted by atomic mass is 10.1. The molecule has 0 fully saturated rings. The summed E-state index contributed by atoms with van der Waals surface area (Å²) in [6, 6.07) is 11.1. The van der Waals surface area contributed by atoms with E-state index in [9.17, 15) is 14.7 Å². The third-order valence-electron chi connectivity index (χ3n) is 4.79. The molecule has 2 aromatic rings. The van der Waals surface area contributed by atoms with E-state index in [2.05, 4.69) is 20.8 Å². The molecule has 31 heavy (non-hydrogen) atoms. The smallest absolute Gasteiger partial charge is 0.407 e. The number of aliphatic hydroxyl groups is 1. The minimum absolute atomic E-state index is 0.112. The average Bonchev–Trinajstić information content (AvgIpc) is 2.77. The molecule has 3 amide bonds. The number of anilines is 2. The predicted octanol–water partition coefficient (Wildman–Crippen LogP) is 5.35. The highest BCUT2D eigenvalue weighted by Gasteiger charge is 2.15. The first-order valence-electron chi connectivity index (χ1n) is 10.2. The Hall–Kier alpha value is -3.57. The summed E-state index contributed by atoms with van der Waals surface area (Å²) in [5.74, 6) is 0. The van der Waals surface area contributed by atoms with Crippen molar-refractivity contribution in [3.63, 3.8) is 0 Å². The molecule has 0 heterocycles. The van der Waals surface area contributed by atoms with Gasteiger partial charge in [0.25, 0.3) is 0 Å². The minimum atomic E-state index is -0.472. The van der Waals surface area contributed by atoms with Crippen LogP contribution in [0.2, 0.25) is 0 Å². The number of hydrogen-bond acceptors (Lipinski definition) is 4. The summed E-state index contributed by atoms with van der Waals surface area (Å²) in [5.41, 5.74) is 2.60. The van der Waals surface area contributed by atoms with Crippen LogP contribution in [0.15, 0.2) is 42.5 Å². The van der Waals surface area contributed by atoms with Gasteiger partial charge in [0.1, 0.15) is 6.10 Å². The van der Waals surface area contributed by atoms with Crippen LogP contribution < -0.4 is 16.0 Å². The molecule has 164 valence electrons. The molecule has 0 spiro atoms. The molecule has 0 radical (unpaired) electrons. The third-order valence-corrected chi connectivity index (χ3v) is 4.79. The number of ether oxygens (including phenoxy) is 1. The third kappa shape index (κ3) is 7.01. The number of nitrogens with one attached hydrogen (secondary N) is 3. The molecule has 0 aliphatic heterocycles. The summed E-state index contributed by atoms with van der Waals surface area (Å²) < 4.78 is 5.37. The molecule has 8 nitrogen and oxygen atoms in total. The zero-order chi connectivity index (χ0) is 22.8. The quantitative estimate of drug-likeness (QED) is 0.429. The normalized spacial score (nSPS) is 11.4. The van der Waals surface area contributed by atoms with E-state index in [4.69, 9.17) is 11.3 Å². The topological polar surface area (TPSA) is 104 Å². The Kier molecular flexibility index (Phi) is 8.85. The van der Waals surface area contributed by atoms with Crippen molar-refractivity contribution in [2.75, 3.05) is 10.6 Å². The molecule has 0 saturated carbocycles. The molecule has 0 aliphatic rings. The Labute approximate surface area is 182 Å². The van der Waals surface area contributed by atoms with Crippen LogP contribution in [0.1, 0.15) is 50.8 Å². The van der Waals surface area contributed by atoms with Crippen LogP contribution in [-0.4, -0.2) is 23.3 Å². The van der Waals surface area contributed by atoms with E-state index >= 15 is 0 Å². The van der Waals surface area contributed by atoms with Crippen LogP contribution in [0, 0.1) is 6.57 Å². The lowest BCUT2D eigenvalue weighted by Crippen LogP contribution is -2.30. The van der Waals surface area contributed by atoms with Gasteiger partial charge in [-0.2, -0.15) is 0 Å². The van der Waals surface area contributed by atoms with E-state index in [0.717, 1.165) is 18.4 Å². The predicted molar refractivity (Wildman–Crippen MR) is 120 cm³/mol. The summed E-state index contributed by atoms with van der Waals surface area (Å²) in [5, 5.41) is 17.6. The maximum Gasteiger partial charge on any atom is 0.407 e. The molecule has 2 rings (SSSR count). The van der Waals surface area contributed by atoms with Crippen LogP contribution in [0.3, 0.4) is 0 Å². The van der Waals surface area contributed by atoms with Gasteiger partial charge < -0.3 is 25.8 Å². The van der Waals surface area contributed by atoms with Gasteiger partial charge in [0, 0.05) is 11.4 Å². The van der Waals surface area contributed by atoms with Gasteiger partial charge in [-0.1, -0.05) is 32.0 Å². The molecule has 0 saturated heterocycles. The lowest BCUT2D eigenvalue weighted by Gasteiger charge is -2.19. The zero-order valence-electron chi connectivity index (χ0n) is 17.9. The molecule has 4 N–H and O–H groups in total. The Morgan fingerprint density at radius 1 is 1.10 bits per heavy atom. The summed E-state index contributed by atoms with van der Waals surface area (Å²) in [6.07, 6.45) is 0.930. The van der Waals surface area contributed by atoms with Crippen molar-refractivity contribution in [2.24, 2.45) is 0 Å². The number of carbonyl (C=O) groups excluding carboxylic acids is 2. The molecular weight excluding hydrogens is 396 g/mol. The fourth-order valence-corrected chi connectivity index (χ4v) is 2.98. The number of aliphatic hydroxyl groups excluding tert-OH is 1. The maximum absolute atomic E-state index is 12.3. The van der Waals surface area contributed by atoms with Gasteiger partial charge in [0.05, 0.1) is 19.2 Å². The largest absolute Gasteiger partial charge is 0.446 e. The first-order chi connectivity index (χ1) is 14.9. The second kappa shape index (κ2) is 11.6. The molecule has 0 aromatic heterocycles. The molecule has 1 atom stereocenters. The summed E-state index contributed by atoms with van der Waals surface area (Å²) >= 11 is 0. The Balaban J connectivity index is 1.99. The summed E-state index contributed by atoms with van der Waals surface area (Å²) in [4.78, 5) is 27.7. The Bertz CT molecular complexity index is 951. The monoisotopic (exact) mass is 424 g/mol. The maximum atomic E-state index is 12.3. The number of urea groups is 1. The van der Waals surface area contributed by atoms with Crippen molar-refractivity contribution in [2.45, 2.75) is 52.4 Å². The van der Waals surface area contributed by atoms with Crippen LogP contribution in [0.5, 0.6) is 0 Å². The first kappa shape index (κ1) is 23.7. The van der Waals surface area contributed by atoms with E-state index < -0.39 is 12.1 Å². The van der Waals surface area contributed by atoms with E-state index in [1.807, 2.05) is 26.8 Å². The number of nitrogens with zero attached hydrogens (tertiary/aromatic N) is 1. The van der Waals surface area contributed by atoms with Gasteiger partial charge in [0.2, 0.25) is 0 Å². The number of carbonyl (C=O) groups is 2. The molecule has 8 heteroatoms. The van der Waals surface area contributed by atoms with Crippen LogP contribution in [0.25, 0.3) is 4.85 Å². The molecule has 0 unspecified atom stereocenters. The van der Waals surface area contributed by atoms with Crippen molar-refractivity contribution in [1.29, 1.82) is 0 Å². The standard InChI is InChI=1S/C23H28N4O4/c1-5-20(6-2)31-23(30)25-15(3)16-8-7-9-18(12-16)26-22(29)27-19-10-11-21(24-4)17(13-19)14-28/h7-13,15,20,28H,5-6,14H2,1-3H3,(H,25,30)(H2,26,27,29)/t15-/m0/s1. The van der Waals surface area contributed by atoms with E-state index in [0.29, 0.717) is 22.6 Å². The lowest BCUT2D eigenvalue weighted by molar-refractivity contribution is 0.0905. The summed E-state index contributed by atoms with van der Waals surface area (Å²) in [6.45, 7) is 12.6. The van der Waals surface area contributed by atoms with E-state index in [1.165, 1.54) is 0 Å². The molecule has 0 bridgehead atoms. The number of hydrogen-bond donors (Lipinski definition) is 4. The van der Waals surface area contributed by atoms with E-state index in [1.54, 1.807) is 36.4 Å². The second-order valence-corrected chi connectivity index (χ2v) is 7.03. The van der Waals surface area contributed by atoms with Crippen molar-refractivity contribution in [3.05, 3.63) is 65.0 Å². The first-order valence-corrected chi connectivity index (χ1v) is 10.2. The second-order valence-electron chi connectivity index (χ2n) is 7.03. The fourth-order valence-electron chi connectivity index (χ4n) is 2.98. The van der Waals surface area contributed by atoms with Gasteiger partial charge in [-0.3, -0.25) is 0 Å². The van der Waals surface area contributed by atoms with Crippen molar-refractivity contribution < 1.29 is 19.4 Å². The highest BCUT2D eigenvalue weighted by Crippen LogP contribution is 2.24. The number of benzene rings is 2. The van der Waals surface area contributed by atoms with Crippen LogP contribution in [0.4, 0.5) is 26.7 Å². The highest BCUT2D eigenvalue weighted by molar-refractivity contribution is 6.00. The minimum Gasteiger partial charge on any atom is -0.446 e. The SMILES string of the molecule is [C-]#[N+]c1ccc(NC(=O)Nc2cccc([C@H](C)NC(=O)OC(CC)CC)c2)cc1CO. The van der Waals surface area contributed by atoms with Crippen molar-refractivity contribution in [1.82, 2.24) is 5.32 Å². The Morgan fingerprint density at radius 3 is 2.39 bits per heavy atom. The van der Waals surface area contributed by atoms with E-state index in [-0.39, 0.29) is 18.8 Å². The summed E-state index contributed by atoms with van der Waals surface area (Å²) in [7, 11) is 0. The van der Waals surface area contributed by atoms with Gasteiger partial charge >= 0.3 is 12.1 Å². The Morgan fingerprint density at radius 2 is 1.77 bits per heavy atom.